The average Bonchev–Trinajstić information content (AvgIpc) is 2.19. The summed E-state index contributed by atoms with van der Waals surface area (Å²) in [6, 6.07) is 9.49. The van der Waals surface area contributed by atoms with E-state index in [1.165, 1.54) is 7.11 Å². The molecule has 0 amide bonds. The number of esters is 1. The van der Waals surface area contributed by atoms with E-state index in [1.54, 1.807) is 6.92 Å². The van der Waals surface area contributed by atoms with Crippen molar-refractivity contribution in [2.24, 2.45) is 0 Å². The molecule has 1 aromatic rings. The van der Waals surface area contributed by atoms with Crippen LogP contribution in [0.2, 0.25) is 0 Å². The van der Waals surface area contributed by atoms with Crippen molar-refractivity contribution < 1.29 is 9.53 Å². The van der Waals surface area contributed by atoms with Gasteiger partial charge in [0.15, 0.2) is 0 Å². The zero-order valence-electron chi connectivity index (χ0n) is 7.99. The van der Waals surface area contributed by atoms with Gasteiger partial charge in [-0.2, -0.15) is 0 Å². The van der Waals surface area contributed by atoms with E-state index < -0.39 is 0 Å². The monoisotopic (exact) mass is 181 g/mol. The van der Waals surface area contributed by atoms with Gasteiger partial charge < -0.3 is 10.5 Å². The lowest BCUT2D eigenvalue weighted by Crippen LogP contribution is -1.94. The molecule has 0 unspecified atom stereocenters. The van der Waals surface area contributed by atoms with Crippen LogP contribution in [0.5, 0.6) is 0 Å². The molecule has 13 heavy (non-hydrogen) atoms. The lowest BCUT2D eigenvalue weighted by molar-refractivity contribution is -0.140. The van der Waals surface area contributed by atoms with E-state index >= 15 is 0 Å². The van der Waals surface area contributed by atoms with E-state index in [4.69, 9.17) is 5.73 Å². The Hall–Kier alpha value is -1.51. The molecule has 3 heteroatoms. The van der Waals surface area contributed by atoms with E-state index in [1.807, 2.05) is 30.3 Å². The maximum absolute atomic E-state index is 9.96. The predicted molar refractivity (Wildman–Crippen MR) is 53.2 cm³/mol. The average molecular weight is 181 g/mol. The second-order valence-electron chi connectivity index (χ2n) is 2.34. The topological polar surface area (TPSA) is 52.3 Å². The number of hydrogen-bond acceptors (Lipinski definition) is 3. The number of para-hydroxylation sites is 1. The van der Waals surface area contributed by atoms with Crippen molar-refractivity contribution in [3.63, 3.8) is 0 Å². The number of methoxy groups -OCH3 is 1. The first-order valence-corrected chi connectivity index (χ1v) is 4.08. The van der Waals surface area contributed by atoms with Crippen molar-refractivity contribution in [3.05, 3.63) is 30.3 Å². The minimum Gasteiger partial charge on any atom is -0.469 e. The van der Waals surface area contributed by atoms with Gasteiger partial charge in [-0.15, -0.1) is 0 Å². The number of nitrogen functional groups attached to an aromatic ring is 1. The first-order chi connectivity index (χ1) is 6.20. The van der Waals surface area contributed by atoms with Crippen LogP contribution in [0.4, 0.5) is 5.69 Å². The van der Waals surface area contributed by atoms with Crippen LogP contribution < -0.4 is 5.73 Å². The molecule has 72 valence electrons. The van der Waals surface area contributed by atoms with Crippen molar-refractivity contribution in [3.8, 4) is 0 Å². The molecule has 0 atom stereocenters. The SMILES string of the molecule is CCC(=O)OC.Nc1ccccc1. The molecule has 0 aliphatic carbocycles. The number of carbonyl (C=O) groups excluding carboxylic acids is 1. The van der Waals surface area contributed by atoms with Crippen LogP contribution in [-0.2, 0) is 9.53 Å². The molecule has 0 aliphatic heterocycles. The Bertz CT molecular complexity index is 228. The van der Waals surface area contributed by atoms with Crippen LogP contribution in [-0.4, -0.2) is 13.1 Å². The Morgan fingerprint density at radius 2 is 1.92 bits per heavy atom. The Morgan fingerprint density at radius 3 is 2.08 bits per heavy atom. The van der Waals surface area contributed by atoms with Gasteiger partial charge in [0.2, 0.25) is 0 Å². The molecule has 1 rings (SSSR count). The first kappa shape index (κ1) is 11.5. The number of ether oxygens (including phenoxy) is 1. The summed E-state index contributed by atoms with van der Waals surface area (Å²) in [7, 11) is 1.38. The van der Waals surface area contributed by atoms with Gasteiger partial charge in [0.1, 0.15) is 0 Å². The van der Waals surface area contributed by atoms with E-state index in [0.717, 1.165) is 5.69 Å². The number of rotatable bonds is 1. The number of benzene rings is 1. The third-order valence-corrected chi connectivity index (χ3v) is 1.32. The Morgan fingerprint density at radius 1 is 1.38 bits per heavy atom. The van der Waals surface area contributed by atoms with Crippen LogP contribution in [0.1, 0.15) is 13.3 Å². The molecule has 2 N–H and O–H groups in total. The zero-order chi connectivity index (χ0) is 10.1. The van der Waals surface area contributed by atoms with E-state index in [0.29, 0.717) is 6.42 Å². The minimum absolute atomic E-state index is 0.157. The lowest BCUT2D eigenvalue weighted by atomic mass is 10.3. The van der Waals surface area contributed by atoms with E-state index in [9.17, 15) is 4.79 Å². The number of hydrogen-bond donors (Lipinski definition) is 1. The molecular formula is C10H15NO2. The summed E-state index contributed by atoms with van der Waals surface area (Å²) < 4.78 is 4.26. The summed E-state index contributed by atoms with van der Waals surface area (Å²) >= 11 is 0. The third kappa shape index (κ3) is 6.87. The standard InChI is InChI=1S/C6H7N.C4H8O2/c7-6-4-2-1-3-5-6;1-3-4(5)6-2/h1-5H,7H2;3H2,1-2H3. The molecule has 0 saturated heterocycles. The summed E-state index contributed by atoms with van der Waals surface area (Å²) in [5.41, 5.74) is 6.18. The third-order valence-electron chi connectivity index (χ3n) is 1.32. The van der Waals surface area contributed by atoms with Crippen LogP contribution in [0.25, 0.3) is 0 Å². The molecule has 0 saturated carbocycles. The highest BCUT2D eigenvalue weighted by Crippen LogP contribution is 1.95. The van der Waals surface area contributed by atoms with Gasteiger partial charge in [0.25, 0.3) is 0 Å². The summed E-state index contributed by atoms with van der Waals surface area (Å²) in [4.78, 5) is 9.96. The second-order valence-corrected chi connectivity index (χ2v) is 2.34. The summed E-state index contributed by atoms with van der Waals surface area (Å²) in [6.07, 6.45) is 0.469. The van der Waals surface area contributed by atoms with Crippen molar-refractivity contribution >= 4 is 11.7 Å². The first-order valence-electron chi connectivity index (χ1n) is 4.08. The van der Waals surface area contributed by atoms with E-state index in [-0.39, 0.29) is 5.97 Å². The molecule has 0 aliphatic rings. The van der Waals surface area contributed by atoms with Gasteiger partial charge in [-0.3, -0.25) is 4.79 Å². The Labute approximate surface area is 78.5 Å². The highest BCUT2D eigenvalue weighted by atomic mass is 16.5. The number of carbonyl (C=O) groups is 1. The smallest absolute Gasteiger partial charge is 0.305 e. The summed E-state index contributed by atoms with van der Waals surface area (Å²) in [5.74, 6) is -0.157. The van der Waals surface area contributed by atoms with Crippen molar-refractivity contribution in [1.29, 1.82) is 0 Å². The van der Waals surface area contributed by atoms with Crippen molar-refractivity contribution in [2.75, 3.05) is 12.8 Å². The van der Waals surface area contributed by atoms with E-state index in [2.05, 4.69) is 4.74 Å². The fourth-order valence-electron chi connectivity index (χ4n) is 0.597. The fraction of sp³-hybridized carbons (Fsp3) is 0.300. The highest BCUT2D eigenvalue weighted by molar-refractivity contribution is 5.68. The zero-order valence-corrected chi connectivity index (χ0v) is 7.99. The molecule has 0 bridgehead atoms. The highest BCUT2D eigenvalue weighted by Gasteiger charge is 1.87. The van der Waals surface area contributed by atoms with Crippen LogP contribution >= 0.6 is 0 Å². The van der Waals surface area contributed by atoms with Gasteiger partial charge in [-0.1, -0.05) is 25.1 Å². The second kappa shape index (κ2) is 7.16. The maximum atomic E-state index is 9.96. The van der Waals surface area contributed by atoms with Crippen molar-refractivity contribution in [1.82, 2.24) is 0 Å². The number of anilines is 1. The van der Waals surface area contributed by atoms with Gasteiger partial charge in [-0.25, -0.2) is 0 Å². The fourth-order valence-corrected chi connectivity index (χ4v) is 0.597. The van der Waals surface area contributed by atoms with Crippen LogP contribution in [0.3, 0.4) is 0 Å². The quantitative estimate of drug-likeness (QED) is 0.531. The molecular weight excluding hydrogens is 166 g/mol. The molecule has 0 aromatic heterocycles. The normalized spacial score (nSPS) is 8.15. The van der Waals surface area contributed by atoms with Crippen molar-refractivity contribution in [2.45, 2.75) is 13.3 Å². The number of nitrogens with two attached hydrogens (primary N) is 1. The maximum Gasteiger partial charge on any atom is 0.305 e. The molecule has 1 aromatic carbocycles. The molecule has 0 radical (unpaired) electrons. The van der Waals surface area contributed by atoms with Crippen LogP contribution in [0.15, 0.2) is 30.3 Å². The predicted octanol–water partition coefficient (Wildman–Crippen LogP) is 1.84. The lowest BCUT2D eigenvalue weighted by Gasteiger charge is -1.87. The minimum atomic E-state index is -0.157. The summed E-state index contributed by atoms with van der Waals surface area (Å²) in [5, 5.41) is 0. The van der Waals surface area contributed by atoms with Gasteiger partial charge in [0, 0.05) is 12.1 Å². The van der Waals surface area contributed by atoms with Gasteiger partial charge in [0.05, 0.1) is 7.11 Å². The van der Waals surface area contributed by atoms with Gasteiger partial charge in [-0.05, 0) is 12.1 Å². The summed E-state index contributed by atoms with van der Waals surface area (Å²) in [6.45, 7) is 1.76. The van der Waals surface area contributed by atoms with Crippen LogP contribution in [0, 0.1) is 0 Å². The molecule has 0 fully saturated rings. The Balaban J connectivity index is 0.000000226. The largest absolute Gasteiger partial charge is 0.469 e. The van der Waals surface area contributed by atoms with Gasteiger partial charge >= 0.3 is 5.97 Å². The molecule has 0 spiro atoms. The molecule has 0 heterocycles. The Kier molecular flexibility index (Phi) is 6.32. The molecule has 3 nitrogen and oxygen atoms in total.